The highest BCUT2D eigenvalue weighted by Gasteiger charge is 2.64. The first kappa shape index (κ1) is 18.6. The predicted molar refractivity (Wildman–Crippen MR) is 93.6 cm³/mol. The lowest BCUT2D eigenvalue weighted by molar-refractivity contribution is -0.275. The standard InChI is InChI=1S/C20H36O4/c1-2-3-4-5-6-7-8-16(21)10-9-15-13-18-17(19(15)22)14-20(18)23-11-12-24-20/h15-19,21-22H,2-14H2,1H3. The monoisotopic (exact) mass is 340 g/mol. The smallest absolute Gasteiger partial charge is 0.172 e. The second-order valence-electron chi connectivity index (χ2n) is 8.26. The summed E-state index contributed by atoms with van der Waals surface area (Å²) in [4.78, 5) is 0. The Morgan fingerprint density at radius 3 is 2.50 bits per heavy atom. The highest BCUT2D eigenvalue weighted by Crippen LogP contribution is 2.59. The van der Waals surface area contributed by atoms with E-state index in [2.05, 4.69) is 6.92 Å². The third-order valence-electron chi connectivity index (χ3n) is 6.62. The summed E-state index contributed by atoms with van der Waals surface area (Å²) < 4.78 is 11.6. The van der Waals surface area contributed by atoms with Crippen molar-refractivity contribution < 1.29 is 19.7 Å². The number of aliphatic hydroxyl groups excluding tert-OH is 2. The second kappa shape index (κ2) is 8.48. The second-order valence-corrected chi connectivity index (χ2v) is 8.26. The quantitative estimate of drug-likeness (QED) is 0.596. The van der Waals surface area contributed by atoms with Gasteiger partial charge in [-0.25, -0.2) is 0 Å². The average Bonchev–Trinajstić information content (AvgIpc) is 3.15. The third-order valence-corrected chi connectivity index (χ3v) is 6.62. The summed E-state index contributed by atoms with van der Waals surface area (Å²) in [5.41, 5.74) is 0. The van der Waals surface area contributed by atoms with Crippen molar-refractivity contribution in [3.63, 3.8) is 0 Å². The van der Waals surface area contributed by atoms with Crippen molar-refractivity contribution in [2.24, 2.45) is 17.8 Å². The highest BCUT2D eigenvalue weighted by atomic mass is 16.7. The van der Waals surface area contributed by atoms with Crippen LogP contribution in [-0.4, -0.2) is 41.4 Å². The summed E-state index contributed by atoms with van der Waals surface area (Å²) in [6.45, 7) is 3.63. The zero-order chi connectivity index (χ0) is 17.0. The summed E-state index contributed by atoms with van der Waals surface area (Å²) in [5.74, 6) is 0.670. The van der Waals surface area contributed by atoms with E-state index in [0.717, 1.165) is 38.5 Å². The lowest BCUT2D eigenvalue weighted by Crippen LogP contribution is -2.54. The van der Waals surface area contributed by atoms with E-state index >= 15 is 0 Å². The fraction of sp³-hybridized carbons (Fsp3) is 1.00. The van der Waals surface area contributed by atoms with Gasteiger partial charge < -0.3 is 19.7 Å². The molecule has 3 aliphatic rings. The molecule has 3 fully saturated rings. The Hall–Kier alpha value is -0.160. The van der Waals surface area contributed by atoms with Gasteiger partial charge in [-0.2, -0.15) is 0 Å². The Kier molecular flexibility index (Phi) is 6.58. The van der Waals surface area contributed by atoms with Crippen LogP contribution in [0.4, 0.5) is 0 Å². The average molecular weight is 341 g/mol. The summed E-state index contributed by atoms with van der Waals surface area (Å²) in [5, 5.41) is 20.8. The van der Waals surface area contributed by atoms with E-state index in [1.807, 2.05) is 0 Å². The minimum absolute atomic E-state index is 0.199. The van der Waals surface area contributed by atoms with Crippen molar-refractivity contribution in [2.45, 2.75) is 95.5 Å². The lowest BCUT2D eigenvalue weighted by atomic mass is 9.69. The maximum atomic E-state index is 10.5. The molecule has 2 aliphatic carbocycles. The molecular weight excluding hydrogens is 304 g/mol. The summed E-state index contributed by atoms with van der Waals surface area (Å²) >= 11 is 0. The molecule has 5 atom stereocenters. The Morgan fingerprint density at radius 2 is 1.75 bits per heavy atom. The van der Waals surface area contributed by atoms with Crippen molar-refractivity contribution in [3.8, 4) is 0 Å². The topological polar surface area (TPSA) is 58.9 Å². The number of hydrogen-bond acceptors (Lipinski definition) is 4. The molecule has 1 saturated heterocycles. The van der Waals surface area contributed by atoms with Crippen LogP contribution in [-0.2, 0) is 9.47 Å². The third kappa shape index (κ3) is 3.98. The molecule has 2 saturated carbocycles. The van der Waals surface area contributed by atoms with Gasteiger partial charge in [-0.15, -0.1) is 0 Å². The molecule has 2 N–H and O–H groups in total. The van der Waals surface area contributed by atoms with Gasteiger partial charge in [0.1, 0.15) is 0 Å². The van der Waals surface area contributed by atoms with E-state index < -0.39 is 0 Å². The molecule has 4 heteroatoms. The van der Waals surface area contributed by atoms with Crippen LogP contribution in [0.15, 0.2) is 0 Å². The maximum absolute atomic E-state index is 10.5. The number of hydrogen-bond donors (Lipinski definition) is 2. The maximum Gasteiger partial charge on any atom is 0.172 e. The molecule has 5 unspecified atom stereocenters. The molecule has 1 aliphatic heterocycles. The minimum Gasteiger partial charge on any atom is -0.393 e. The summed E-state index contributed by atoms with van der Waals surface area (Å²) in [7, 11) is 0. The lowest BCUT2D eigenvalue weighted by Gasteiger charge is -2.48. The van der Waals surface area contributed by atoms with Crippen molar-refractivity contribution in [1.29, 1.82) is 0 Å². The molecule has 0 bridgehead atoms. The Morgan fingerprint density at radius 1 is 1.04 bits per heavy atom. The van der Waals surface area contributed by atoms with Crippen molar-refractivity contribution >= 4 is 0 Å². The Bertz CT molecular complexity index is 380. The Balaban J connectivity index is 1.31. The molecule has 4 nitrogen and oxygen atoms in total. The zero-order valence-electron chi connectivity index (χ0n) is 15.3. The first-order chi connectivity index (χ1) is 11.7. The van der Waals surface area contributed by atoms with Gasteiger partial charge in [0, 0.05) is 12.3 Å². The highest BCUT2D eigenvalue weighted by molar-refractivity contribution is 5.08. The van der Waals surface area contributed by atoms with Crippen LogP contribution in [0.1, 0.15) is 77.6 Å². The first-order valence-electron chi connectivity index (χ1n) is 10.3. The van der Waals surface area contributed by atoms with Crippen LogP contribution in [0.25, 0.3) is 0 Å². The number of aliphatic hydroxyl groups is 2. The normalized spacial score (nSPS) is 35.1. The van der Waals surface area contributed by atoms with Crippen molar-refractivity contribution in [1.82, 2.24) is 0 Å². The molecular formula is C20H36O4. The Labute approximate surface area is 146 Å². The predicted octanol–water partition coefficient (Wildman–Crippen LogP) is 3.64. The SMILES string of the molecule is CCCCCCCCC(O)CCC1CC2C(CC23OCCO3)C1O. The minimum atomic E-state index is -0.364. The molecule has 3 rings (SSSR count). The van der Waals surface area contributed by atoms with Crippen LogP contribution >= 0.6 is 0 Å². The summed E-state index contributed by atoms with van der Waals surface area (Å²) in [6.07, 6.45) is 11.7. The van der Waals surface area contributed by atoms with Gasteiger partial charge in [0.25, 0.3) is 0 Å². The zero-order valence-corrected chi connectivity index (χ0v) is 15.3. The molecule has 0 radical (unpaired) electrons. The number of rotatable bonds is 10. The number of unbranched alkanes of at least 4 members (excludes halogenated alkanes) is 5. The van der Waals surface area contributed by atoms with Crippen LogP contribution in [0.3, 0.4) is 0 Å². The van der Waals surface area contributed by atoms with Gasteiger partial charge in [0.05, 0.1) is 25.4 Å². The molecule has 140 valence electrons. The molecule has 0 aromatic heterocycles. The van der Waals surface area contributed by atoms with Crippen LogP contribution in [0, 0.1) is 17.8 Å². The van der Waals surface area contributed by atoms with E-state index in [0.29, 0.717) is 31.0 Å². The fourth-order valence-electron chi connectivity index (χ4n) is 5.12. The molecule has 1 heterocycles. The fourth-order valence-corrected chi connectivity index (χ4v) is 5.12. The molecule has 1 spiro atoms. The van der Waals surface area contributed by atoms with Crippen LogP contribution in [0.2, 0.25) is 0 Å². The molecule has 0 aromatic carbocycles. The van der Waals surface area contributed by atoms with Gasteiger partial charge in [0.15, 0.2) is 5.79 Å². The van der Waals surface area contributed by atoms with Gasteiger partial charge >= 0.3 is 0 Å². The van der Waals surface area contributed by atoms with E-state index in [-0.39, 0.29) is 18.0 Å². The van der Waals surface area contributed by atoms with Crippen LogP contribution in [0.5, 0.6) is 0 Å². The number of ether oxygens (including phenoxy) is 2. The molecule has 0 aromatic rings. The van der Waals surface area contributed by atoms with E-state index in [4.69, 9.17) is 9.47 Å². The van der Waals surface area contributed by atoms with E-state index in [1.165, 1.54) is 32.1 Å². The molecule has 24 heavy (non-hydrogen) atoms. The van der Waals surface area contributed by atoms with Gasteiger partial charge in [-0.05, 0) is 37.5 Å². The summed E-state index contributed by atoms with van der Waals surface area (Å²) in [6, 6.07) is 0. The van der Waals surface area contributed by atoms with Crippen LogP contribution < -0.4 is 0 Å². The van der Waals surface area contributed by atoms with Crippen molar-refractivity contribution in [3.05, 3.63) is 0 Å². The van der Waals surface area contributed by atoms with Crippen molar-refractivity contribution in [2.75, 3.05) is 13.2 Å². The van der Waals surface area contributed by atoms with Gasteiger partial charge in [-0.1, -0.05) is 45.4 Å². The van der Waals surface area contributed by atoms with E-state index in [1.54, 1.807) is 0 Å². The largest absolute Gasteiger partial charge is 0.393 e. The number of fused-ring (bicyclic) bond motifs is 2. The first-order valence-corrected chi connectivity index (χ1v) is 10.3. The van der Waals surface area contributed by atoms with Gasteiger partial charge in [-0.3, -0.25) is 0 Å². The molecule has 0 amide bonds. The van der Waals surface area contributed by atoms with E-state index in [9.17, 15) is 10.2 Å². The van der Waals surface area contributed by atoms with Gasteiger partial charge in [0.2, 0.25) is 0 Å².